The average molecular weight is 73.1 g/mol. The zero-order valence-electron chi connectivity index (χ0n) is 1.86. The molecule has 0 saturated carbocycles. The minimum absolute atomic E-state index is 0.412. The highest BCUT2D eigenvalue weighted by Gasteiger charge is 1.68. The van der Waals surface area contributed by atoms with E-state index < -0.39 is 0 Å². The molecule has 1 N–H and O–H groups in total. The second-order valence-corrected chi connectivity index (χ2v) is 0.580. The van der Waals surface area contributed by atoms with Gasteiger partial charge in [-0.05, 0) is 4.78 Å². The van der Waals surface area contributed by atoms with Crippen LogP contribution in [0.25, 0.3) is 0 Å². The first-order chi connectivity index (χ1) is 1.91. The number of nitriles is 1. The molecule has 2 nitrogen and oxygen atoms in total. The lowest BCUT2D eigenvalue weighted by Crippen LogP contribution is -1.31. The van der Waals surface area contributed by atoms with Gasteiger partial charge in [0.05, 0.1) is 0 Å². The maximum Gasteiger partial charge on any atom is 0.447 e. The Hall–Kier alpha value is -0.490. The molecular weight excluding hydrogens is 72.1 g/mol. The maximum absolute atomic E-state index is 7.40. The topological polar surface area (TPSA) is 47.6 Å². The normalized spacial score (nSPS) is 3.75. The van der Waals surface area contributed by atoms with Crippen LogP contribution in [-0.2, 0) is 11.6 Å². The molecule has 0 aromatic carbocycles. The van der Waals surface area contributed by atoms with Gasteiger partial charge in [-0.3, -0.25) is 0 Å². The summed E-state index contributed by atoms with van der Waals surface area (Å²) in [7, 11) is 0. The Morgan fingerprint density at radius 3 is 2.25 bits per heavy atom. The number of nitrogens with zero attached hydrogens (tertiary/aromatic N) is 1. The molecule has 0 unspecified atom stereocenters. The van der Waals surface area contributed by atoms with Gasteiger partial charge in [-0.2, -0.15) is 0 Å². The van der Waals surface area contributed by atoms with Crippen molar-refractivity contribution in [3.05, 3.63) is 0 Å². The monoisotopic (exact) mass is 73.0 g/mol. The van der Waals surface area contributed by atoms with E-state index in [-0.39, 0.29) is 0 Å². The number of nitrogens with one attached hydrogen (secondary N) is 1. The third-order valence-corrected chi connectivity index (χ3v) is 0.137. The molecule has 0 aliphatic carbocycles. The van der Waals surface area contributed by atoms with Crippen LogP contribution in [0.2, 0.25) is 0 Å². The number of hydrogen-bond donors (Lipinski definition) is 1. The molecule has 0 aliphatic heterocycles. The molecule has 0 atom stereocenters. The van der Waals surface area contributed by atoms with Gasteiger partial charge in [-0.25, -0.2) is 0 Å². The Morgan fingerprint density at radius 1 is 2.00 bits per heavy atom. The van der Waals surface area contributed by atoms with E-state index in [2.05, 4.69) is 0 Å². The van der Waals surface area contributed by atoms with Gasteiger partial charge >= 0.3 is 17.0 Å². The van der Waals surface area contributed by atoms with Crippen LogP contribution in [0, 0.1) is 15.4 Å². The van der Waals surface area contributed by atoms with E-state index in [1.165, 1.54) is 5.40 Å². The number of hydrogen-bond acceptors (Lipinski definition) is 2. The highest BCUT2D eigenvalue weighted by atomic mass is 32.1. The summed E-state index contributed by atoms with van der Waals surface area (Å²) in [5, 5.41) is 8.91. The van der Waals surface area contributed by atoms with Crippen LogP contribution < -0.4 is 0 Å². The Morgan fingerprint density at radius 2 is 2.25 bits per heavy atom. The van der Waals surface area contributed by atoms with Crippen molar-refractivity contribution >= 4 is 11.6 Å². The van der Waals surface area contributed by atoms with Crippen LogP contribution in [0.15, 0.2) is 0 Å². The van der Waals surface area contributed by atoms with Crippen molar-refractivity contribution in [2.24, 2.45) is 0 Å². The molecule has 3 heteroatoms. The molecule has 0 bridgehead atoms. The molecule has 0 spiro atoms. The van der Waals surface area contributed by atoms with Gasteiger partial charge in [0.15, 0.2) is 0 Å². The molecule has 0 aromatic rings. The minimum Gasteiger partial charge on any atom is -0.123 e. The molecule has 0 amide bonds. The smallest absolute Gasteiger partial charge is 0.123 e. The number of thiocyanates is 1. The summed E-state index contributed by atoms with van der Waals surface area (Å²) >= 11 is 0.412. The van der Waals surface area contributed by atoms with Crippen molar-refractivity contribution in [3.8, 4) is 5.40 Å². The third-order valence-electron chi connectivity index (χ3n) is 0.0456. The van der Waals surface area contributed by atoms with Crippen molar-refractivity contribution in [3.63, 3.8) is 0 Å². The van der Waals surface area contributed by atoms with E-state index in [1.807, 2.05) is 0 Å². The summed E-state index contributed by atoms with van der Waals surface area (Å²) in [6, 6.07) is 0. The van der Waals surface area contributed by atoms with Gasteiger partial charge in [0, 0.05) is 0 Å². The summed E-state index contributed by atoms with van der Waals surface area (Å²) in [5.74, 6) is 0. The van der Waals surface area contributed by atoms with Gasteiger partial charge in [-0.1, -0.05) is 0 Å². The zero-order chi connectivity index (χ0) is 3.41. The van der Waals surface area contributed by atoms with Crippen molar-refractivity contribution in [2.75, 3.05) is 0 Å². The molecule has 0 heterocycles. The molecule has 0 radical (unpaired) electrons. The van der Waals surface area contributed by atoms with Gasteiger partial charge < -0.3 is 0 Å². The molecule has 0 fully saturated rings. The fourth-order valence-electron chi connectivity index (χ4n) is 0. The largest absolute Gasteiger partial charge is 0.447 e. The maximum atomic E-state index is 7.40. The predicted octanol–water partition coefficient (Wildman–Crippen LogP) is 0.312. The van der Waals surface area contributed by atoms with Crippen molar-refractivity contribution in [2.45, 2.75) is 0 Å². The van der Waals surface area contributed by atoms with Crippen LogP contribution in [0.4, 0.5) is 0 Å². The highest BCUT2D eigenvalue weighted by molar-refractivity contribution is 7.71. The lowest BCUT2D eigenvalue weighted by Gasteiger charge is -1.00. The van der Waals surface area contributed by atoms with Gasteiger partial charge in [0.25, 0.3) is 0 Å². The first kappa shape index (κ1) is 3.51. The summed E-state index contributed by atoms with van der Waals surface area (Å²) in [6.45, 7) is 0. The van der Waals surface area contributed by atoms with E-state index in [9.17, 15) is 0 Å². The summed E-state index contributed by atoms with van der Waals surface area (Å²) in [5.41, 5.74) is 0. The lowest BCUT2D eigenvalue weighted by atomic mass is 11.8. The summed E-state index contributed by atoms with van der Waals surface area (Å²) in [4.78, 5) is 0. The Labute approximate surface area is 28.0 Å². The first-order valence-corrected chi connectivity index (χ1v) is 1.45. The molecular formula is CHN2S+. The van der Waals surface area contributed by atoms with Crippen LogP contribution in [-0.4, -0.2) is 0 Å². The van der Waals surface area contributed by atoms with Crippen LogP contribution >= 0.6 is 0 Å². The van der Waals surface area contributed by atoms with Gasteiger partial charge in [-0.15, -0.1) is 5.26 Å². The average Bonchev–Trinajstić information content (AvgIpc) is 1.37. The summed E-state index contributed by atoms with van der Waals surface area (Å²) < 4.78 is 6.01. The molecule has 0 saturated heterocycles. The van der Waals surface area contributed by atoms with Crippen molar-refractivity contribution in [1.29, 1.82) is 10.0 Å². The SMILES string of the molecule is N#C[S+]=N. The van der Waals surface area contributed by atoms with Crippen LogP contribution in [0.5, 0.6) is 0 Å². The van der Waals surface area contributed by atoms with Crippen LogP contribution in [0.3, 0.4) is 0 Å². The van der Waals surface area contributed by atoms with Crippen molar-refractivity contribution in [1.82, 2.24) is 0 Å². The first-order valence-electron chi connectivity index (χ1n) is 0.632. The fourth-order valence-corrected chi connectivity index (χ4v) is 0. The van der Waals surface area contributed by atoms with E-state index in [1.54, 1.807) is 0 Å². The number of rotatable bonds is 0. The quantitative estimate of drug-likeness (QED) is 0.325. The molecule has 0 rings (SSSR count). The molecule has 4 heavy (non-hydrogen) atoms. The fraction of sp³-hybridized carbons (Fsp3) is 0. The second kappa shape index (κ2) is 2.51. The van der Waals surface area contributed by atoms with E-state index in [4.69, 9.17) is 10.0 Å². The van der Waals surface area contributed by atoms with E-state index in [0.29, 0.717) is 11.6 Å². The standard InChI is InChI=1S/CHN2S/c2-1-4-3/h3H/q+1. The van der Waals surface area contributed by atoms with Gasteiger partial charge in [0.2, 0.25) is 0 Å². The van der Waals surface area contributed by atoms with E-state index >= 15 is 0 Å². The predicted molar refractivity (Wildman–Crippen MR) is 15.7 cm³/mol. The Bertz CT molecular complexity index is 51.5. The molecule has 0 aromatic heterocycles. The van der Waals surface area contributed by atoms with E-state index in [0.717, 1.165) is 0 Å². The summed E-state index contributed by atoms with van der Waals surface area (Å²) in [6.07, 6.45) is 0. The molecule has 20 valence electrons. The van der Waals surface area contributed by atoms with Crippen molar-refractivity contribution < 1.29 is 0 Å². The van der Waals surface area contributed by atoms with Crippen LogP contribution in [0.1, 0.15) is 0 Å². The lowest BCUT2D eigenvalue weighted by molar-refractivity contribution is 1.56. The third kappa shape index (κ3) is 1.51. The van der Waals surface area contributed by atoms with Gasteiger partial charge in [0.1, 0.15) is 0 Å². The molecule has 0 aliphatic rings. The highest BCUT2D eigenvalue weighted by Crippen LogP contribution is 1.33. The Balaban J connectivity index is 2.92. The second-order valence-electron chi connectivity index (χ2n) is 0.193. The Kier molecular flexibility index (Phi) is 2.20. The zero-order valence-corrected chi connectivity index (χ0v) is 2.67. The minimum atomic E-state index is 0.412.